The van der Waals surface area contributed by atoms with E-state index in [0.29, 0.717) is 0 Å². The van der Waals surface area contributed by atoms with Crippen molar-refractivity contribution in [2.24, 2.45) is 0 Å². The third kappa shape index (κ3) is 2.05. The minimum atomic E-state index is 0.0518. The Morgan fingerprint density at radius 2 is 2.06 bits per heavy atom. The van der Waals surface area contributed by atoms with Crippen molar-refractivity contribution < 1.29 is 0 Å². The van der Waals surface area contributed by atoms with E-state index in [1.54, 1.807) is 0 Å². The summed E-state index contributed by atoms with van der Waals surface area (Å²) in [5.74, 6) is 0.0518. The summed E-state index contributed by atoms with van der Waals surface area (Å²) < 4.78 is 0. The number of allylic oxidation sites excluding steroid dienone is 7. The number of rotatable bonds is 1. The van der Waals surface area contributed by atoms with Crippen LogP contribution < -0.4 is 0 Å². The largest absolute Gasteiger partial charge is 0.339 e. The number of hydrogen-bond donors (Lipinski definition) is 0. The number of fused-ring (bicyclic) bond motifs is 1. The van der Waals surface area contributed by atoms with Gasteiger partial charge < -0.3 is 4.90 Å². The molecule has 0 aromatic heterocycles. The van der Waals surface area contributed by atoms with Gasteiger partial charge in [-0.15, -0.1) is 0 Å². The Labute approximate surface area is 104 Å². The van der Waals surface area contributed by atoms with E-state index in [1.165, 1.54) is 11.3 Å². The molecule has 2 rings (SSSR count). The van der Waals surface area contributed by atoms with E-state index in [2.05, 4.69) is 23.1 Å². The summed E-state index contributed by atoms with van der Waals surface area (Å²) in [6.45, 7) is 2.00. The number of hydrogen-bond acceptors (Lipinski definition) is 1. The van der Waals surface area contributed by atoms with E-state index in [9.17, 15) is 0 Å². The quantitative estimate of drug-likeness (QED) is 0.500. The second-order valence-corrected chi connectivity index (χ2v) is 4.66. The van der Waals surface area contributed by atoms with Crippen LogP contribution in [0.1, 0.15) is 13.3 Å². The van der Waals surface area contributed by atoms with E-state index < -0.39 is 0 Å². The predicted molar refractivity (Wildman–Crippen MR) is 73.5 cm³/mol. The van der Waals surface area contributed by atoms with Crippen molar-refractivity contribution >= 4 is 25.1 Å². The normalized spacial score (nSPS) is 23.8. The summed E-state index contributed by atoms with van der Waals surface area (Å²) in [6.07, 6.45) is 11.2. The number of nitrogens with zero attached hydrogens (tertiary/aromatic N) is 1. The first-order chi connectivity index (χ1) is 7.59. The Morgan fingerprint density at radius 1 is 1.38 bits per heavy atom. The van der Waals surface area contributed by atoms with Gasteiger partial charge >= 0.3 is 0 Å². The fourth-order valence-electron chi connectivity index (χ4n) is 1.91. The lowest BCUT2D eigenvalue weighted by atomic mass is 9.81. The molecular weight excluding hydrogens is 213 g/mol. The maximum absolute atomic E-state index is 5.93. The average molecular weight is 227 g/mol. The molecular formula is C13H14BNS. The van der Waals surface area contributed by atoms with Crippen molar-refractivity contribution in [3.63, 3.8) is 0 Å². The lowest BCUT2D eigenvalue weighted by Gasteiger charge is -2.14. The molecule has 1 aliphatic heterocycles. The average Bonchev–Trinajstić information content (AvgIpc) is 2.43. The topological polar surface area (TPSA) is 3.24 Å². The molecule has 3 heteroatoms. The Morgan fingerprint density at radius 3 is 2.75 bits per heavy atom. The Balaban J connectivity index is 2.43. The highest BCUT2D eigenvalue weighted by Gasteiger charge is 2.23. The van der Waals surface area contributed by atoms with Crippen molar-refractivity contribution in [1.82, 2.24) is 4.90 Å². The van der Waals surface area contributed by atoms with Gasteiger partial charge in [0.1, 0.15) is 0 Å². The molecule has 1 fully saturated rings. The summed E-state index contributed by atoms with van der Waals surface area (Å²) in [4.78, 5) is 3.03. The predicted octanol–water partition coefficient (Wildman–Crippen LogP) is 2.93. The molecule has 0 saturated carbocycles. The second kappa shape index (κ2) is 4.42. The van der Waals surface area contributed by atoms with Crippen LogP contribution in [0.5, 0.6) is 0 Å². The van der Waals surface area contributed by atoms with Crippen molar-refractivity contribution in [3.8, 4) is 0 Å². The van der Waals surface area contributed by atoms with Gasteiger partial charge in [0.15, 0.2) is 0 Å². The van der Waals surface area contributed by atoms with E-state index in [0.717, 1.165) is 17.0 Å². The zero-order chi connectivity index (χ0) is 11.7. The molecule has 1 nitrogen and oxygen atoms in total. The summed E-state index contributed by atoms with van der Waals surface area (Å²) in [5, 5.41) is 0. The molecule has 16 heavy (non-hydrogen) atoms. The van der Waals surface area contributed by atoms with Crippen molar-refractivity contribution in [2.75, 3.05) is 7.05 Å². The third-order valence-electron chi connectivity index (χ3n) is 2.93. The fourth-order valence-corrected chi connectivity index (χ4v) is 2.17. The van der Waals surface area contributed by atoms with Gasteiger partial charge in [-0.2, -0.15) is 0 Å². The lowest BCUT2D eigenvalue weighted by molar-refractivity contribution is 0.676. The van der Waals surface area contributed by atoms with Gasteiger partial charge in [0, 0.05) is 19.2 Å². The van der Waals surface area contributed by atoms with E-state index in [1.807, 2.05) is 26.1 Å². The maximum Gasteiger partial charge on any atom is 0.0866 e. The van der Waals surface area contributed by atoms with Crippen LogP contribution >= 0.6 is 12.2 Å². The van der Waals surface area contributed by atoms with Gasteiger partial charge in [-0.3, -0.25) is 0 Å². The van der Waals surface area contributed by atoms with E-state index >= 15 is 0 Å². The van der Waals surface area contributed by atoms with Crippen LogP contribution in [-0.4, -0.2) is 24.8 Å². The maximum atomic E-state index is 5.93. The molecule has 0 amide bonds. The molecule has 1 atom stereocenters. The molecule has 1 unspecified atom stereocenters. The van der Waals surface area contributed by atoms with Gasteiger partial charge in [0.25, 0.3) is 0 Å². The van der Waals surface area contributed by atoms with Crippen molar-refractivity contribution in [2.45, 2.75) is 19.2 Å². The van der Waals surface area contributed by atoms with Gasteiger partial charge in [-0.1, -0.05) is 54.8 Å². The molecule has 1 saturated heterocycles. The first kappa shape index (κ1) is 11.4. The highest BCUT2D eigenvalue weighted by atomic mass is 32.1. The molecule has 0 N–H and O–H groups in total. The fraction of sp³-hybridized carbons (Fsp3) is 0.308. The van der Waals surface area contributed by atoms with Crippen molar-refractivity contribution in [3.05, 3.63) is 47.2 Å². The highest BCUT2D eigenvalue weighted by Crippen LogP contribution is 2.31. The second-order valence-electron chi connectivity index (χ2n) is 4.19. The molecule has 0 bridgehead atoms. The molecule has 0 aromatic carbocycles. The van der Waals surface area contributed by atoms with Crippen LogP contribution in [0.2, 0.25) is 5.82 Å². The third-order valence-corrected chi connectivity index (χ3v) is 3.34. The van der Waals surface area contributed by atoms with Crippen LogP contribution in [0, 0.1) is 0 Å². The summed E-state index contributed by atoms with van der Waals surface area (Å²) in [7, 11) is 7.94. The molecule has 80 valence electrons. The summed E-state index contributed by atoms with van der Waals surface area (Å²) in [6, 6.07) is 0. The zero-order valence-electron chi connectivity index (χ0n) is 9.60. The molecule has 2 aliphatic rings. The summed E-state index contributed by atoms with van der Waals surface area (Å²) in [5.41, 5.74) is 3.60. The Hall–Kier alpha value is -1.09. The number of likely N-dealkylation sites (tertiary alicyclic amines) is 1. The molecule has 1 heterocycles. The SMILES string of the molecule is [B]C(C)C1=C/C=C\C=C2C(=C1)CC(=S)N2C. The zero-order valence-corrected chi connectivity index (χ0v) is 10.4. The Kier molecular flexibility index (Phi) is 3.15. The highest BCUT2D eigenvalue weighted by molar-refractivity contribution is 7.80. The molecule has 0 spiro atoms. The molecule has 2 radical (unpaired) electrons. The number of likely N-dealkylation sites (N-methyl/N-ethyl adjacent to an activating group) is 1. The van der Waals surface area contributed by atoms with Gasteiger partial charge in [0.2, 0.25) is 0 Å². The van der Waals surface area contributed by atoms with E-state index in [4.69, 9.17) is 20.1 Å². The van der Waals surface area contributed by atoms with Gasteiger partial charge in [-0.25, -0.2) is 0 Å². The van der Waals surface area contributed by atoms with Crippen LogP contribution in [0.4, 0.5) is 0 Å². The van der Waals surface area contributed by atoms with E-state index in [-0.39, 0.29) is 5.82 Å². The Bertz CT molecular complexity index is 441. The minimum Gasteiger partial charge on any atom is -0.339 e. The minimum absolute atomic E-state index is 0.0518. The number of thiocarbonyl (C=S) groups is 1. The molecule has 0 aromatic rings. The van der Waals surface area contributed by atoms with Crippen LogP contribution in [0.15, 0.2) is 47.2 Å². The van der Waals surface area contributed by atoms with Crippen LogP contribution in [-0.2, 0) is 0 Å². The smallest absolute Gasteiger partial charge is 0.0866 e. The van der Waals surface area contributed by atoms with Crippen molar-refractivity contribution in [1.29, 1.82) is 0 Å². The standard InChI is InChI=1S/C13H14BNS/c1-9(14)10-5-3-4-6-12-11(7-10)8-13(16)15(12)2/h3-7,9H,8H2,1-2H3/b4-3-,5-3?,6-4?,10-5?,10-7?,11-7?,12-6?. The lowest BCUT2D eigenvalue weighted by Crippen LogP contribution is -2.15. The van der Waals surface area contributed by atoms with Gasteiger partial charge in [-0.05, 0) is 11.6 Å². The van der Waals surface area contributed by atoms with Crippen LogP contribution in [0.25, 0.3) is 0 Å². The first-order valence-corrected chi connectivity index (χ1v) is 5.82. The van der Waals surface area contributed by atoms with Gasteiger partial charge in [0.05, 0.1) is 12.8 Å². The molecule has 1 aliphatic carbocycles. The first-order valence-electron chi connectivity index (χ1n) is 5.41. The monoisotopic (exact) mass is 227 g/mol. The van der Waals surface area contributed by atoms with Crippen LogP contribution in [0.3, 0.4) is 0 Å². The summed E-state index contributed by atoms with van der Waals surface area (Å²) >= 11 is 5.32.